The third kappa shape index (κ3) is 4.60. The Hall–Kier alpha value is -0.570. The van der Waals surface area contributed by atoms with Crippen LogP contribution < -0.4 is 0 Å². The summed E-state index contributed by atoms with van der Waals surface area (Å²) in [4.78, 5) is 14.5. The summed E-state index contributed by atoms with van der Waals surface area (Å²) in [7, 11) is 0. The third-order valence-corrected chi connectivity index (χ3v) is 3.97. The molecule has 1 heterocycles. The number of likely N-dealkylation sites (tertiary alicyclic amines) is 1. The molecule has 1 atom stereocenters. The predicted molar refractivity (Wildman–Crippen MR) is 74.5 cm³/mol. The molecule has 0 bridgehead atoms. The molecule has 0 N–H and O–H groups in total. The Bertz CT molecular complexity index is 259. The number of carbonyl (C=O) groups is 1. The molecule has 3 heteroatoms. The number of esters is 1. The second-order valence-corrected chi connectivity index (χ2v) is 6.20. The van der Waals surface area contributed by atoms with Gasteiger partial charge in [0.2, 0.25) is 0 Å². The van der Waals surface area contributed by atoms with E-state index in [2.05, 4.69) is 25.7 Å². The molecule has 1 aliphatic heterocycles. The SMILES string of the molecule is CCC(C)(CC(C)C)C(=O)OCCN1CCCC1. The minimum atomic E-state index is -0.306. The highest BCUT2D eigenvalue weighted by molar-refractivity contribution is 5.76. The summed E-state index contributed by atoms with van der Waals surface area (Å²) in [6.07, 6.45) is 4.34. The molecule has 0 aromatic rings. The summed E-state index contributed by atoms with van der Waals surface area (Å²) in [5.41, 5.74) is -0.306. The second-order valence-electron chi connectivity index (χ2n) is 6.20. The molecule has 0 saturated carbocycles. The highest BCUT2D eigenvalue weighted by Crippen LogP contribution is 2.31. The molecule has 0 spiro atoms. The zero-order valence-corrected chi connectivity index (χ0v) is 12.5. The van der Waals surface area contributed by atoms with Crippen LogP contribution in [0.5, 0.6) is 0 Å². The van der Waals surface area contributed by atoms with Crippen molar-refractivity contribution >= 4 is 5.97 Å². The van der Waals surface area contributed by atoms with Gasteiger partial charge in [0, 0.05) is 6.54 Å². The largest absolute Gasteiger partial charge is 0.464 e. The average Bonchev–Trinajstić information content (AvgIpc) is 2.80. The first-order valence-electron chi connectivity index (χ1n) is 7.37. The van der Waals surface area contributed by atoms with Crippen LogP contribution in [0.2, 0.25) is 0 Å². The average molecular weight is 255 g/mol. The number of rotatable bonds is 7. The van der Waals surface area contributed by atoms with E-state index >= 15 is 0 Å². The number of nitrogens with zero attached hydrogens (tertiary/aromatic N) is 1. The first-order valence-corrected chi connectivity index (χ1v) is 7.37. The van der Waals surface area contributed by atoms with Gasteiger partial charge in [-0.3, -0.25) is 9.69 Å². The van der Waals surface area contributed by atoms with Crippen LogP contribution in [0.4, 0.5) is 0 Å². The molecule has 1 unspecified atom stereocenters. The van der Waals surface area contributed by atoms with Crippen LogP contribution in [0.15, 0.2) is 0 Å². The van der Waals surface area contributed by atoms with Gasteiger partial charge in [-0.25, -0.2) is 0 Å². The van der Waals surface area contributed by atoms with Gasteiger partial charge in [0.1, 0.15) is 6.61 Å². The van der Waals surface area contributed by atoms with Crippen LogP contribution in [-0.4, -0.2) is 37.1 Å². The Kier molecular flexibility index (Phi) is 6.13. The zero-order valence-electron chi connectivity index (χ0n) is 12.5. The van der Waals surface area contributed by atoms with E-state index in [9.17, 15) is 4.79 Å². The van der Waals surface area contributed by atoms with Crippen molar-refractivity contribution in [2.24, 2.45) is 11.3 Å². The van der Waals surface area contributed by atoms with E-state index in [1.165, 1.54) is 12.8 Å². The monoisotopic (exact) mass is 255 g/mol. The second kappa shape index (κ2) is 7.13. The molecule has 0 aromatic carbocycles. The highest BCUT2D eigenvalue weighted by atomic mass is 16.5. The minimum Gasteiger partial charge on any atom is -0.464 e. The van der Waals surface area contributed by atoms with Crippen LogP contribution >= 0.6 is 0 Å². The fourth-order valence-corrected chi connectivity index (χ4v) is 2.72. The Labute approximate surface area is 112 Å². The van der Waals surface area contributed by atoms with Gasteiger partial charge >= 0.3 is 5.97 Å². The van der Waals surface area contributed by atoms with Gasteiger partial charge in [0.05, 0.1) is 5.41 Å². The Morgan fingerprint density at radius 2 is 1.94 bits per heavy atom. The van der Waals surface area contributed by atoms with E-state index in [0.717, 1.165) is 32.5 Å². The molecule has 1 fully saturated rings. The van der Waals surface area contributed by atoms with Crippen molar-refractivity contribution < 1.29 is 9.53 Å². The molecule has 1 aliphatic rings. The lowest BCUT2D eigenvalue weighted by Gasteiger charge is -2.28. The fraction of sp³-hybridized carbons (Fsp3) is 0.933. The molecule has 18 heavy (non-hydrogen) atoms. The minimum absolute atomic E-state index is 0.0158. The summed E-state index contributed by atoms with van der Waals surface area (Å²) in [5.74, 6) is 0.513. The summed E-state index contributed by atoms with van der Waals surface area (Å²) < 4.78 is 5.48. The number of ether oxygens (including phenoxy) is 1. The summed E-state index contributed by atoms with van der Waals surface area (Å²) in [5, 5.41) is 0. The van der Waals surface area contributed by atoms with Gasteiger partial charge in [-0.05, 0) is 51.6 Å². The molecular weight excluding hydrogens is 226 g/mol. The Morgan fingerprint density at radius 3 is 2.44 bits per heavy atom. The van der Waals surface area contributed by atoms with E-state index in [-0.39, 0.29) is 11.4 Å². The van der Waals surface area contributed by atoms with Crippen molar-refractivity contribution in [1.82, 2.24) is 4.90 Å². The summed E-state index contributed by atoms with van der Waals surface area (Å²) >= 11 is 0. The number of carbonyl (C=O) groups excluding carboxylic acids is 1. The van der Waals surface area contributed by atoms with Crippen molar-refractivity contribution in [3.8, 4) is 0 Å². The van der Waals surface area contributed by atoms with Crippen molar-refractivity contribution in [3.05, 3.63) is 0 Å². The van der Waals surface area contributed by atoms with Crippen LogP contribution in [0.1, 0.15) is 53.4 Å². The predicted octanol–water partition coefficient (Wildman–Crippen LogP) is 3.09. The van der Waals surface area contributed by atoms with Gasteiger partial charge in [-0.15, -0.1) is 0 Å². The molecular formula is C15H29NO2. The molecule has 0 aliphatic carbocycles. The van der Waals surface area contributed by atoms with Crippen LogP contribution in [0.25, 0.3) is 0 Å². The maximum atomic E-state index is 12.2. The first kappa shape index (κ1) is 15.5. The van der Waals surface area contributed by atoms with Crippen LogP contribution in [-0.2, 0) is 9.53 Å². The topological polar surface area (TPSA) is 29.5 Å². The molecule has 1 saturated heterocycles. The third-order valence-electron chi connectivity index (χ3n) is 3.97. The summed E-state index contributed by atoms with van der Waals surface area (Å²) in [6, 6.07) is 0. The smallest absolute Gasteiger partial charge is 0.311 e. The standard InChI is InChI=1S/C15H29NO2/c1-5-15(4,12-13(2)3)14(17)18-11-10-16-8-6-7-9-16/h13H,5-12H2,1-4H3. The van der Waals surface area contributed by atoms with Gasteiger partial charge in [0.15, 0.2) is 0 Å². The van der Waals surface area contributed by atoms with Crippen molar-refractivity contribution in [3.63, 3.8) is 0 Å². The molecule has 1 rings (SSSR count). The molecule has 0 aromatic heterocycles. The lowest BCUT2D eigenvalue weighted by Crippen LogP contribution is -2.33. The first-order chi connectivity index (χ1) is 8.48. The maximum absolute atomic E-state index is 12.2. The number of hydrogen-bond acceptors (Lipinski definition) is 3. The van der Waals surface area contributed by atoms with E-state index < -0.39 is 0 Å². The molecule has 0 amide bonds. The Balaban J connectivity index is 2.32. The molecule has 0 radical (unpaired) electrons. The van der Waals surface area contributed by atoms with Crippen molar-refractivity contribution in [2.45, 2.75) is 53.4 Å². The molecule has 3 nitrogen and oxygen atoms in total. The number of hydrogen-bond donors (Lipinski definition) is 0. The quantitative estimate of drug-likeness (QED) is 0.655. The van der Waals surface area contributed by atoms with E-state index in [4.69, 9.17) is 4.74 Å². The van der Waals surface area contributed by atoms with Gasteiger partial charge < -0.3 is 4.74 Å². The Morgan fingerprint density at radius 1 is 1.33 bits per heavy atom. The maximum Gasteiger partial charge on any atom is 0.311 e. The lowest BCUT2D eigenvalue weighted by atomic mass is 9.80. The lowest BCUT2D eigenvalue weighted by molar-refractivity contribution is -0.156. The van der Waals surface area contributed by atoms with E-state index in [1.54, 1.807) is 0 Å². The van der Waals surface area contributed by atoms with E-state index in [0.29, 0.717) is 12.5 Å². The van der Waals surface area contributed by atoms with Crippen molar-refractivity contribution in [2.75, 3.05) is 26.2 Å². The normalized spacial score (nSPS) is 20.1. The summed E-state index contributed by atoms with van der Waals surface area (Å²) in [6.45, 7) is 12.2. The van der Waals surface area contributed by atoms with Crippen molar-refractivity contribution in [1.29, 1.82) is 0 Å². The van der Waals surface area contributed by atoms with Gasteiger partial charge in [0.25, 0.3) is 0 Å². The van der Waals surface area contributed by atoms with E-state index in [1.807, 2.05) is 6.92 Å². The fourth-order valence-electron chi connectivity index (χ4n) is 2.72. The van der Waals surface area contributed by atoms with Gasteiger partial charge in [-0.2, -0.15) is 0 Å². The van der Waals surface area contributed by atoms with Crippen LogP contribution in [0, 0.1) is 11.3 Å². The molecule has 106 valence electrons. The van der Waals surface area contributed by atoms with Gasteiger partial charge in [-0.1, -0.05) is 20.8 Å². The highest BCUT2D eigenvalue weighted by Gasteiger charge is 2.33. The zero-order chi connectivity index (χ0) is 13.6. The van der Waals surface area contributed by atoms with Crippen LogP contribution in [0.3, 0.4) is 0 Å².